The molecule has 0 unspecified atom stereocenters. The van der Waals surface area contributed by atoms with E-state index in [9.17, 15) is 8.42 Å². The molecule has 3 rings (SSSR count). The van der Waals surface area contributed by atoms with Crippen LogP contribution in [-0.4, -0.2) is 28.9 Å². The molecule has 132 valence electrons. The Morgan fingerprint density at radius 1 is 1.16 bits per heavy atom. The molecule has 0 fully saturated rings. The lowest BCUT2D eigenvalue weighted by atomic mass is 10.1. The van der Waals surface area contributed by atoms with Gasteiger partial charge in [-0.15, -0.1) is 0 Å². The minimum absolute atomic E-state index is 0.0951. The van der Waals surface area contributed by atoms with Crippen LogP contribution in [0.4, 0.5) is 5.82 Å². The number of aryl methyl sites for hydroxylation is 2. The highest BCUT2D eigenvalue weighted by Crippen LogP contribution is 2.23. The normalized spacial score (nSPS) is 11.8. The summed E-state index contributed by atoms with van der Waals surface area (Å²) in [4.78, 5) is 4.64. The third-order valence-electron chi connectivity index (χ3n) is 3.98. The van der Waals surface area contributed by atoms with Crippen LogP contribution in [-0.2, 0) is 10.0 Å². The number of fused-ring (bicyclic) bond motifs is 1. The molecule has 0 spiro atoms. The monoisotopic (exact) mass is 358 g/mol. The van der Waals surface area contributed by atoms with Crippen LogP contribution >= 0.6 is 0 Å². The molecule has 0 aliphatic carbocycles. The molecule has 3 aromatic rings. The number of nitrogens with zero attached hydrogens (tertiary/aromatic N) is 3. The van der Waals surface area contributed by atoms with Crippen molar-refractivity contribution in [1.82, 2.24) is 14.8 Å². The van der Waals surface area contributed by atoms with E-state index < -0.39 is 10.0 Å². The molecule has 2 heterocycles. The number of sulfonamides is 1. The van der Waals surface area contributed by atoms with E-state index in [1.165, 1.54) is 0 Å². The highest BCUT2D eigenvalue weighted by atomic mass is 32.2. The van der Waals surface area contributed by atoms with E-state index in [0.29, 0.717) is 18.1 Å². The van der Waals surface area contributed by atoms with Gasteiger partial charge in [0.1, 0.15) is 5.82 Å². The number of anilines is 1. The largest absolute Gasteiger partial charge is 0.267 e. The van der Waals surface area contributed by atoms with Crippen LogP contribution in [0.25, 0.3) is 16.7 Å². The van der Waals surface area contributed by atoms with Crippen molar-refractivity contribution >= 4 is 26.7 Å². The van der Waals surface area contributed by atoms with Crippen molar-refractivity contribution in [3.8, 4) is 5.82 Å². The summed E-state index contributed by atoms with van der Waals surface area (Å²) < 4.78 is 28.7. The summed E-state index contributed by atoms with van der Waals surface area (Å²) in [6.07, 6.45) is 1.44. The van der Waals surface area contributed by atoms with Crippen molar-refractivity contribution in [3.05, 3.63) is 47.7 Å². The molecule has 0 saturated heterocycles. The summed E-state index contributed by atoms with van der Waals surface area (Å²) in [5.74, 6) is 1.10. The first kappa shape index (κ1) is 17.4. The van der Waals surface area contributed by atoms with Crippen LogP contribution < -0.4 is 4.72 Å². The summed E-state index contributed by atoms with van der Waals surface area (Å²) in [6.45, 7) is 5.80. The van der Waals surface area contributed by atoms with E-state index in [2.05, 4.69) is 14.8 Å². The molecule has 0 radical (unpaired) electrons. The van der Waals surface area contributed by atoms with Crippen LogP contribution in [0.2, 0.25) is 0 Å². The smallest absolute Gasteiger partial charge is 0.233 e. The lowest BCUT2D eigenvalue weighted by molar-refractivity contribution is 0.597. The first-order chi connectivity index (χ1) is 11.9. The molecule has 0 aliphatic rings. The van der Waals surface area contributed by atoms with Crippen molar-refractivity contribution in [2.45, 2.75) is 33.6 Å². The third kappa shape index (κ3) is 3.82. The highest BCUT2D eigenvalue weighted by molar-refractivity contribution is 7.92. The first-order valence-corrected chi connectivity index (χ1v) is 9.99. The average molecular weight is 358 g/mol. The molecule has 25 heavy (non-hydrogen) atoms. The SMILES string of the molecule is CCCCS(=O)(=O)Nc1cc(C)nn1-c1cc(C)c2ccccc2n1. The molecule has 0 amide bonds. The van der Waals surface area contributed by atoms with E-state index >= 15 is 0 Å². The molecule has 2 aromatic heterocycles. The quantitative estimate of drug-likeness (QED) is 0.731. The van der Waals surface area contributed by atoms with E-state index in [4.69, 9.17) is 0 Å². The Morgan fingerprint density at radius 2 is 1.92 bits per heavy atom. The van der Waals surface area contributed by atoms with E-state index in [1.807, 2.05) is 51.1 Å². The van der Waals surface area contributed by atoms with Crippen LogP contribution in [0.15, 0.2) is 36.4 Å². The van der Waals surface area contributed by atoms with E-state index in [0.717, 1.165) is 28.6 Å². The van der Waals surface area contributed by atoms with E-state index in [1.54, 1.807) is 10.7 Å². The van der Waals surface area contributed by atoms with Crippen molar-refractivity contribution < 1.29 is 8.42 Å². The van der Waals surface area contributed by atoms with Crippen molar-refractivity contribution in [3.63, 3.8) is 0 Å². The topological polar surface area (TPSA) is 76.9 Å². The third-order valence-corrected chi connectivity index (χ3v) is 5.33. The van der Waals surface area contributed by atoms with Gasteiger partial charge in [0.2, 0.25) is 10.0 Å². The number of hydrogen-bond acceptors (Lipinski definition) is 4. The first-order valence-electron chi connectivity index (χ1n) is 8.33. The van der Waals surface area contributed by atoms with Gasteiger partial charge in [0.25, 0.3) is 0 Å². The van der Waals surface area contributed by atoms with Crippen molar-refractivity contribution in [1.29, 1.82) is 0 Å². The Morgan fingerprint density at radius 3 is 2.68 bits per heavy atom. The van der Waals surface area contributed by atoms with Gasteiger partial charge >= 0.3 is 0 Å². The van der Waals surface area contributed by atoms with Gasteiger partial charge in [0.15, 0.2) is 5.82 Å². The average Bonchev–Trinajstić information content (AvgIpc) is 2.92. The minimum atomic E-state index is -3.41. The second-order valence-corrected chi connectivity index (χ2v) is 8.01. The van der Waals surface area contributed by atoms with Crippen LogP contribution in [0.3, 0.4) is 0 Å². The lowest BCUT2D eigenvalue weighted by Crippen LogP contribution is -2.19. The summed E-state index contributed by atoms with van der Waals surface area (Å²) in [6, 6.07) is 11.5. The summed E-state index contributed by atoms with van der Waals surface area (Å²) in [7, 11) is -3.41. The molecule has 7 heteroatoms. The Labute approximate surface area is 147 Å². The Kier molecular flexibility index (Phi) is 4.76. The molecule has 0 bridgehead atoms. The number of rotatable bonds is 6. The fraction of sp³-hybridized carbons (Fsp3) is 0.333. The van der Waals surface area contributed by atoms with Gasteiger partial charge in [-0.05, 0) is 38.0 Å². The van der Waals surface area contributed by atoms with Gasteiger partial charge in [0.05, 0.1) is 17.0 Å². The summed E-state index contributed by atoms with van der Waals surface area (Å²) in [5, 5.41) is 5.49. The zero-order valence-corrected chi connectivity index (χ0v) is 15.5. The number of benzene rings is 1. The maximum absolute atomic E-state index is 12.3. The molecule has 0 aliphatic heterocycles. The van der Waals surface area contributed by atoms with Crippen LogP contribution in [0, 0.1) is 13.8 Å². The maximum atomic E-state index is 12.3. The predicted molar refractivity (Wildman–Crippen MR) is 101 cm³/mol. The van der Waals surface area contributed by atoms with Gasteiger partial charge in [-0.1, -0.05) is 31.5 Å². The Hall–Kier alpha value is -2.41. The molecule has 6 nitrogen and oxygen atoms in total. The predicted octanol–water partition coefficient (Wildman–Crippen LogP) is 3.58. The Balaban J connectivity index is 2.04. The fourth-order valence-electron chi connectivity index (χ4n) is 2.73. The van der Waals surface area contributed by atoms with Gasteiger partial charge in [-0.3, -0.25) is 4.72 Å². The summed E-state index contributed by atoms with van der Waals surface area (Å²) in [5.41, 5.74) is 2.64. The zero-order chi connectivity index (χ0) is 18.0. The molecule has 1 aromatic carbocycles. The number of unbranched alkanes of at least 4 members (excludes halogenated alkanes) is 1. The maximum Gasteiger partial charge on any atom is 0.233 e. The van der Waals surface area contributed by atoms with E-state index in [-0.39, 0.29) is 5.75 Å². The number of para-hydroxylation sites is 1. The second-order valence-electron chi connectivity index (χ2n) is 6.17. The van der Waals surface area contributed by atoms with Crippen LogP contribution in [0.1, 0.15) is 31.0 Å². The van der Waals surface area contributed by atoms with Gasteiger partial charge < -0.3 is 0 Å². The standard InChI is InChI=1S/C18H22N4O2S/c1-4-5-10-25(23,24)21-18-12-14(3)20-22(18)17-11-13(2)15-8-6-7-9-16(15)19-17/h6-9,11-12,21H,4-5,10H2,1-3H3. The van der Waals surface area contributed by atoms with Crippen LogP contribution in [0.5, 0.6) is 0 Å². The van der Waals surface area contributed by atoms with Gasteiger partial charge in [-0.25, -0.2) is 13.4 Å². The van der Waals surface area contributed by atoms with Gasteiger partial charge in [0, 0.05) is 11.5 Å². The zero-order valence-electron chi connectivity index (χ0n) is 14.7. The minimum Gasteiger partial charge on any atom is -0.267 e. The number of hydrogen-bond donors (Lipinski definition) is 1. The summed E-state index contributed by atoms with van der Waals surface area (Å²) >= 11 is 0. The molecular formula is C18H22N4O2S. The molecule has 0 atom stereocenters. The Bertz CT molecular complexity index is 1010. The van der Waals surface area contributed by atoms with Crippen molar-refractivity contribution in [2.75, 3.05) is 10.5 Å². The van der Waals surface area contributed by atoms with Crippen molar-refractivity contribution in [2.24, 2.45) is 0 Å². The molecule has 1 N–H and O–H groups in total. The lowest BCUT2D eigenvalue weighted by Gasteiger charge is -2.11. The molecule has 0 saturated carbocycles. The number of aromatic nitrogens is 3. The fourth-order valence-corrected chi connectivity index (χ4v) is 3.97. The highest BCUT2D eigenvalue weighted by Gasteiger charge is 2.16. The number of pyridine rings is 1. The number of nitrogens with one attached hydrogen (secondary N) is 1. The molecular weight excluding hydrogens is 336 g/mol. The second kappa shape index (κ2) is 6.84. The van der Waals surface area contributed by atoms with Gasteiger partial charge in [-0.2, -0.15) is 9.78 Å².